The molecule has 0 heterocycles. The molecule has 0 spiro atoms. The molecular weight excluding hydrogens is 297 g/mol. The van der Waals surface area contributed by atoms with E-state index in [1.54, 1.807) is 0 Å². The number of hydrogen-bond acceptors (Lipinski definition) is 3. The van der Waals surface area contributed by atoms with Crippen LogP contribution in [0.1, 0.15) is 11.7 Å². The van der Waals surface area contributed by atoms with Gasteiger partial charge in [0.25, 0.3) is 0 Å². The first kappa shape index (κ1) is 17.8. The van der Waals surface area contributed by atoms with Crippen molar-refractivity contribution in [1.29, 1.82) is 0 Å². The molecule has 1 atom stereocenters. The molecule has 0 bridgehead atoms. The van der Waals surface area contributed by atoms with E-state index in [9.17, 15) is 27.1 Å². The zero-order chi connectivity index (χ0) is 16.0. The van der Waals surface area contributed by atoms with Gasteiger partial charge >= 0.3 is 6.18 Å². The van der Waals surface area contributed by atoms with E-state index in [0.29, 0.717) is 0 Å². The highest BCUT2D eigenvalue weighted by molar-refractivity contribution is 5.22. The average Bonchev–Trinajstić information content (AvgIpc) is 2.33. The van der Waals surface area contributed by atoms with Crippen LogP contribution >= 0.6 is 0 Å². The summed E-state index contributed by atoms with van der Waals surface area (Å²) in [5.41, 5.74) is -0.637. The number of aliphatic hydroxyl groups is 1. The highest BCUT2D eigenvalue weighted by atomic mass is 19.4. The summed E-state index contributed by atoms with van der Waals surface area (Å²) < 4.78 is 68.9. The first-order valence-electron chi connectivity index (χ1n) is 6.14. The topological polar surface area (TPSA) is 32.7 Å². The van der Waals surface area contributed by atoms with Crippen LogP contribution in [-0.2, 0) is 4.74 Å². The molecule has 1 N–H and O–H groups in total. The molecule has 0 saturated heterocycles. The van der Waals surface area contributed by atoms with Gasteiger partial charge in [-0.15, -0.1) is 0 Å². The fourth-order valence-electron chi connectivity index (χ4n) is 1.87. The number of rotatable bonds is 7. The second kappa shape index (κ2) is 7.67. The normalized spacial score (nSPS) is 13.7. The maximum atomic E-state index is 13.5. The molecule has 21 heavy (non-hydrogen) atoms. The van der Waals surface area contributed by atoms with Crippen molar-refractivity contribution in [2.75, 3.05) is 33.4 Å². The van der Waals surface area contributed by atoms with Gasteiger partial charge in [0.1, 0.15) is 11.6 Å². The third kappa shape index (κ3) is 5.94. The third-order valence-electron chi connectivity index (χ3n) is 2.78. The lowest BCUT2D eigenvalue weighted by atomic mass is 10.1. The molecule has 0 amide bonds. The standard InChI is InChI=1S/C13H16F5NO2/c1-21-6-5-19(8-13(16,17)18)7-11(20)12-9(14)3-2-4-10(12)15/h2-4,11,20H,5-8H2,1H3. The first-order chi connectivity index (χ1) is 9.74. The van der Waals surface area contributed by atoms with E-state index in [1.165, 1.54) is 7.11 Å². The Morgan fingerprint density at radius 3 is 2.29 bits per heavy atom. The van der Waals surface area contributed by atoms with Crippen LogP contribution in [0.5, 0.6) is 0 Å². The molecule has 1 aromatic rings. The Balaban J connectivity index is 2.81. The smallest absolute Gasteiger partial charge is 0.387 e. The summed E-state index contributed by atoms with van der Waals surface area (Å²) in [4.78, 5) is 0.833. The second-order valence-electron chi connectivity index (χ2n) is 4.49. The molecule has 0 aliphatic carbocycles. The van der Waals surface area contributed by atoms with Gasteiger partial charge < -0.3 is 9.84 Å². The van der Waals surface area contributed by atoms with Crippen LogP contribution < -0.4 is 0 Å². The van der Waals surface area contributed by atoms with Gasteiger partial charge in [0.15, 0.2) is 0 Å². The Hall–Kier alpha value is -1.25. The minimum Gasteiger partial charge on any atom is -0.387 e. The molecule has 1 rings (SSSR count). The third-order valence-corrected chi connectivity index (χ3v) is 2.78. The molecule has 1 aromatic carbocycles. The van der Waals surface area contributed by atoms with Crippen LogP contribution in [0.4, 0.5) is 22.0 Å². The number of hydrogen-bond donors (Lipinski definition) is 1. The van der Waals surface area contributed by atoms with Crippen molar-refractivity contribution in [3.8, 4) is 0 Å². The quantitative estimate of drug-likeness (QED) is 0.785. The summed E-state index contributed by atoms with van der Waals surface area (Å²) >= 11 is 0. The summed E-state index contributed by atoms with van der Waals surface area (Å²) in [7, 11) is 1.32. The van der Waals surface area contributed by atoms with Crippen LogP contribution in [0, 0.1) is 11.6 Å². The maximum absolute atomic E-state index is 13.5. The maximum Gasteiger partial charge on any atom is 0.401 e. The lowest BCUT2D eigenvalue weighted by Gasteiger charge is -2.26. The van der Waals surface area contributed by atoms with Gasteiger partial charge in [0.05, 0.1) is 24.8 Å². The van der Waals surface area contributed by atoms with E-state index in [4.69, 9.17) is 0 Å². The Bertz CT molecular complexity index is 432. The summed E-state index contributed by atoms with van der Waals surface area (Å²) in [6, 6.07) is 2.98. The number of aliphatic hydroxyl groups excluding tert-OH is 1. The average molecular weight is 313 g/mol. The Labute approximate surface area is 118 Å². The number of alkyl halides is 3. The van der Waals surface area contributed by atoms with Gasteiger partial charge in [-0.05, 0) is 12.1 Å². The van der Waals surface area contributed by atoms with Crippen molar-refractivity contribution in [3.05, 3.63) is 35.4 Å². The number of nitrogens with zero attached hydrogens (tertiary/aromatic N) is 1. The highest BCUT2D eigenvalue weighted by Gasteiger charge is 2.32. The van der Waals surface area contributed by atoms with Gasteiger partial charge in [-0.2, -0.15) is 13.2 Å². The van der Waals surface area contributed by atoms with E-state index in [2.05, 4.69) is 4.74 Å². The van der Waals surface area contributed by atoms with Gasteiger partial charge in [0, 0.05) is 20.2 Å². The van der Waals surface area contributed by atoms with E-state index < -0.39 is 42.6 Å². The fourth-order valence-corrected chi connectivity index (χ4v) is 1.87. The summed E-state index contributed by atoms with van der Waals surface area (Å²) in [6.45, 7) is -1.98. The fraction of sp³-hybridized carbons (Fsp3) is 0.538. The zero-order valence-corrected chi connectivity index (χ0v) is 11.3. The van der Waals surface area contributed by atoms with E-state index in [1.807, 2.05) is 0 Å². The van der Waals surface area contributed by atoms with Crippen molar-refractivity contribution in [2.45, 2.75) is 12.3 Å². The molecule has 0 aliphatic heterocycles. The Kier molecular flexibility index (Phi) is 6.50. The number of halogens is 5. The van der Waals surface area contributed by atoms with E-state index >= 15 is 0 Å². The SMILES string of the molecule is COCCN(CC(O)c1c(F)cccc1F)CC(F)(F)F. The molecule has 8 heteroatoms. The lowest BCUT2D eigenvalue weighted by molar-refractivity contribution is -0.149. The molecule has 0 aliphatic rings. The molecule has 3 nitrogen and oxygen atoms in total. The highest BCUT2D eigenvalue weighted by Crippen LogP contribution is 2.23. The van der Waals surface area contributed by atoms with Crippen LogP contribution in [0.15, 0.2) is 18.2 Å². The van der Waals surface area contributed by atoms with Crippen LogP contribution in [0.3, 0.4) is 0 Å². The van der Waals surface area contributed by atoms with E-state index in [0.717, 1.165) is 23.1 Å². The van der Waals surface area contributed by atoms with Crippen LogP contribution in [0.25, 0.3) is 0 Å². The Morgan fingerprint density at radius 1 is 1.24 bits per heavy atom. The number of methoxy groups -OCH3 is 1. The van der Waals surface area contributed by atoms with Crippen molar-refractivity contribution in [3.63, 3.8) is 0 Å². The summed E-state index contributed by atoms with van der Waals surface area (Å²) in [5.74, 6) is -2.00. The van der Waals surface area contributed by atoms with Crippen molar-refractivity contribution in [1.82, 2.24) is 4.90 Å². The van der Waals surface area contributed by atoms with E-state index in [-0.39, 0.29) is 13.2 Å². The second-order valence-corrected chi connectivity index (χ2v) is 4.49. The van der Waals surface area contributed by atoms with Gasteiger partial charge in [-0.25, -0.2) is 8.78 Å². The molecule has 0 aromatic heterocycles. The van der Waals surface area contributed by atoms with Crippen LogP contribution in [-0.4, -0.2) is 49.5 Å². The zero-order valence-electron chi connectivity index (χ0n) is 11.3. The molecule has 120 valence electrons. The predicted molar refractivity (Wildman–Crippen MR) is 65.7 cm³/mol. The monoisotopic (exact) mass is 313 g/mol. The molecule has 1 unspecified atom stereocenters. The lowest BCUT2D eigenvalue weighted by Crippen LogP contribution is -2.39. The predicted octanol–water partition coefficient (Wildman–Crippen LogP) is 2.51. The first-order valence-corrected chi connectivity index (χ1v) is 6.14. The van der Waals surface area contributed by atoms with Crippen molar-refractivity contribution < 1.29 is 31.8 Å². The molecule has 0 saturated carbocycles. The minimum atomic E-state index is -4.48. The van der Waals surface area contributed by atoms with Crippen molar-refractivity contribution >= 4 is 0 Å². The summed E-state index contributed by atoms with van der Waals surface area (Å²) in [5, 5.41) is 9.82. The van der Waals surface area contributed by atoms with Gasteiger partial charge in [-0.3, -0.25) is 4.90 Å². The molecule has 0 radical (unpaired) electrons. The number of benzene rings is 1. The summed E-state index contributed by atoms with van der Waals surface area (Å²) in [6.07, 6.45) is -6.19. The molecular formula is C13H16F5NO2. The molecule has 0 fully saturated rings. The minimum absolute atomic E-state index is 0.00253. The number of ether oxygens (including phenoxy) is 1. The van der Waals surface area contributed by atoms with Crippen LogP contribution in [0.2, 0.25) is 0 Å². The Morgan fingerprint density at radius 2 is 1.81 bits per heavy atom. The van der Waals surface area contributed by atoms with Gasteiger partial charge in [0.2, 0.25) is 0 Å². The van der Waals surface area contributed by atoms with Crippen molar-refractivity contribution in [2.24, 2.45) is 0 Å². The largest absolute Gasteiger partial charge is 0.401 e. The van der Waals surface area contributed by atoms with Gasteiger partial charge in [-0.1, -0.05) is 6.07 Å².